The van der Waals surface area contributed by atoms with Crippen LogP contribution in [0.15, 0.2) is 41.0 Å². The van der Waals surface area contributed by atoms with E-state index in [0.29, 0.717) is 0 Å². The summed E-state index contributed by atoms with van der Waals surface area (Å²) in [7, 11) is 2.08. The number of nitrogens with one attached hydrogen (secondary N) is 1. The third kappa shape index (κ3) is 4.67. The molecule has 0 aliphatic rings. The molecular weight excluding hydrogens is 272 g/mol. The minimum atomic E-state index is 0.779. The molecular formula is C16H21ClN2O. The molecule has 0 spiro atoms. The summed E-state index contributed by atoms with van der Waals surface area (Å²) in [6, 6.07) is 10.1. The van der Waals surface area contributed by atoms with E-state index in [9.17, 15) is 0 Å². The number of furan rings is 1. The van der Waals surface area contributed by atoms with Crippen molar-refractivity contribution in [3.63, 3.8) is 0 Å². The Bertz CT molecular complexity index is 539. The first-order valence-corrected chi connectivity index (χ1v) is 7.25. The van der Waals surface area contributed by atoms with Gasteiger partial charge < -0.3 is 9.73 Å². The molecule has 0 radical (unpaired) electrons. The topological polar surface area (TPSA) is 28.4 Å². The molecule has 2 aromatic rings. The average molecular weight is 293 g/mol. The number of hydrogen-bond donors (Lipinski definition) is 1. The van der Waals surface area contributed by atoms with Crippen LogP contribution in [0.1, 0.15) is 23.8 Å². The van der Waals surface area contributed by atoms with E-state index >= 15 is 0 Å². The van der Waals surface area contributed by atoms with Gasteiger partial charge in [0.15, 0.2) is 0 Å². The second-order valence-corrected chi connectivity index (χ2v) is 5.44. The maximum atomic E-state index is 6.00. The second kappa shape index (κ2) is 7.48. The Balaban J connectivity index is 1.87. The van der Waals surface area contributed by atoms with E-state index in [4.69, 9.17) is 16.0 Å². The van der Waals surface area contributed by atoms with Crippen molar-refractivity contribution in [1.82, 2.24) is 10.2 Å². The van der Waals surface area contributed by atoms with Crippen molar-refractivity contribution >= 4 is 11.6 Å². The van der Waals surface area contributed by atoms with Gasteiger partial charge in [0, 0.05) is 23.7 Å². The Labute approximate surface area is 125 Å². The lowest BCUT2D eigenvalue weighted by Crippen LogP contribution is -2.16. The summed E-state index contributed by atoms with van der Waals surface area (Å²) in [5.41, 5.74) is 2.40. The molecule has 0 unspecified atom stereocenters. The van der Waals surface area contributed by atoms with Gasteiger partial charge >= 0.3 is 0 Å². The highest BCUT2D eigenvalue weighted by Crippen LogP contribution is 2.14. The van der Waals surface area contributed by atoms with Crippen LogP contribution in [0.4, 0.5) is 0 Å². The Morgan fingerprint density at radius 2 is 2.05 bits per heavy atom. The molecule has 3 nitrogen and oxygen atoms in total. The van der Waals surface area contributed by atoms with Crippen LogP contribution in [0.3, 0.4) is 0 Å². The van der Waals surface area contributed by atoms with Crippen LogP contribution < -0.4 is 5.32 Å². The van der Waals surface area contributed by atoms with Crippen LogP contribution >= 0.6 is 11.6 Å². The summed E-state index contributed by atoms with van der Waals surface area (Å²) >= 11 is 6.00. The van der Waals surface area contributed by atoms with Crippen molar-refractivity contribution < 1.29 is 4.42 Å². The normalized spacial score (nSPS) is 11.2. The van der Waals surface area contributed by atoms with Gasteiger partial charge in [0.1, 0.15) is 5.76 Å². The Morgan fingerprint density at radius 1 is 1.20 bits per heavy atom. The molecule has 108 valence electrons. The third-order valence-electron chi connectivity index (χ3n) is 3.05. The largest absolute Gasteiger partial charge is 0.468 e. The van der Waals surface area contributed by atoms with Crippen LogP contribution in [0, 0.1) is 0 Å². The van der Waals surface area contributed by atoms with Crippen molar-refractivity contribution in [2.24, 2.45) is 0 Å². The lowest BCUT2D eigenvalue weighted by Gasteiger charge is -2.15. The van der Waals surface area contributed by atoms with Gasteiger partial charge in [0.05, 0.1) is 12.8 Å². The van der Waals surface area contributed by atoms with Gasteiger partial charge in [-0.25, -0.2) is 0 Å². The maximum absolute atomic E-state index is 6.00. The van der Waals surface area contributed by atoms with Crippen LogP contribution in [0.25, 0.3) is 0 Å². The van der Waals surface area contributed by atoms with E-state index in [1.165, 1.54) is 11.1 Å². The third-order valence-corrected chi connectivity index (χ3v) is 3.29. The molecule has 0 amide bonds. The molecule has 0 atom stereocenters. The van der Waals surface area contributed by atoms with Gasteiger partial charge in [-0.2, -0.15) is 0 Å². The highest BCUT2D eigenvalue weighted by atomic mass is 35.5. The van der Waals surface area contributed by atoms with Crippen molar-refractivity contribution in [2.75, 3.05) is 13.6 Å². The summed E-state index contributed by atoms with van der Waals surface area (Å²) in [5.74, 6) is 0.988. The maximum Gasteiger partial charge on any atom is 0.118 e. The Morgan fingerprint density at radius 3 is 2.80 bits per heavy atom. The average Bonchev–Trinajstić information content (AvgIpc) is 2.83. The quantitative estimate of drug-likeness (QED) is 0.844. The summed E-state index contributed by atoms with van der Waals surface area (Å²) < 4.78 is 5.59. The first-order chi connectivity index (χ1) is 9.67. The number of halogens is 1. The van der Waals surface area contributed by atoms with Crippen LogP contribution in [-0.4, -0.2) is 18.5 Å². The van der Waals surface area contributed by atoms with Crippen molar-refractivity contribution in [3.05, 3.63) is 58.5 Å². The number of nitrogens with zero attached hydrogens (tertiary/aromatic N) is 1. The SMILES string of the molecule is CCNCc1coc(CN(C)Cc2cccc(Cl)c2)c1. The Kier molecular flexibility index (Phi) is 5.65. The van der Waals surface area contributed by atoms with E-state index < -0.39 is 0 Å². The minimum absolute atomic E-state index is 0.779. The molecule has 20 heavy (non-hydrogen) atoms. The van der Waals surface area contributed by atoms with E-state index in [-0.39, 0.29) is 0 Å². The fourth-order valence-electron chi connectivity index (χ4n) is 2.14. The van der Waals surface area contributed by atoms with Gasteiger partial charge in [-0.05, 0) is 37.4 Å². The predicted octanol–water partition coefficient (Wildman–Crippen LogP) is 3.67. The fourth-order valence-corrected chi connectivity index (χ4v) is 2.35. The Hall–Kier alpha value is -1.29. The fraction of sp³-hybridized carbons (Fsp3) is 0.375. The molecule has 0 fully saturated rings. The van der Waals surface area contributed by atoms with E-state index in [2.05, 4.69) is 36.3 Å². The highest BCUT2D eigenvalue weighted by Gasteiger charge is 2.06. The number of benzene rings is 1. The molecule has 0 saturated heterocycles. The summed E-state index contributed by atoms with van der Waals surface area (Å²) in [5, 5.41) is 4.07. The van der Waals surface area contributed by atoms with Crippen LogP contribution in [0.5, 0.6) is 0 Å². The molecule has 0 bridgehead atoms. The zero-order valence-electron chi connectivity index (χ0n) is 12.0. The van der Waals surface area contributed by atoms with Crippen LogP contribution in [0.2, 0.25) is 5.02 Å². The predicted molar refractivity (Wildman–Crippen MR) is 82.7 cm³/mol. The summed E-state index contributed by atoms with van der Waals surface area (Å²) in [4.78, 5) is 2.21. The first kappa shape index (κ1) is 15.1. The molecule has 1 heterocycles. The zero-order chi connectivity index (χ0) is 14.4. The van der Waals surface area contributed by atoms with Crippen molar-refractivity contribution in [3.8, 4) is 0 Å². The minimum Gasteiger partial charge on any atom is -0.468 e. The number of hydrogen-bond acceptors (Lipinski definition) is 3. The molecule has 0 aliphatic carbocycles. The van der Waals surface area contributed by atoms with Crippen molar-refractivity contribution in [2.45, 2.75) is 26.6 Å². The number of rotatable bonds is 7. The van der Waals surface area contributed by atoms with Gasteiger partial charge in [-0.3, -0.25) is 4.90 Å². The zero-order valence-corrected chi connectivity index (χ0v) is 12.8. The van der Waals surface area contributed by atoms with E-state index in [0.717, 1.165) is 37.0 Å². The summed E-state index contributed by atoms with van der Waals surface area (Å²) in [6.45, 7) is 5.56. The molecule has 0 aliphatic heterocycles. The monoisotopic (exact) mass is 292 g/mol. The molecule has 1 aromatic heterocycles. The van der Waals surface area contributed by atoms with Gasteiger partial charge in [0.25, 0.3) is 0 Å². The lowest BCUT2D eigenvalue weighted by molar-refractivity contribution is 0.288. The first-order valence-electron chi connectivity index (χ1n) is 6.87. The van der Waals surface area contributed by atoms with E-state index in [1.807, 2.05) is 24.5 Å². The molecule has 4 heteroatoms. The smallest absolute Gasteiger partial charge is 0.118 e. The van der Waals surface area contributed by atoms with Crippen molar-refractivity contribution in [1.29, 1.82) is 0 Å². The lowest BCUT2D eigenvalue weighted by atomic mass is 10.2. The van der Waals surface area contributed by atoms with Gasteiger partial charge in [-0.15, -0.1) is 0 Å². The summed E-state index contributed by atoms with van der Waals surface area (Å²) in [6.07, 6.45) is 1.82. The van der Waals surface area contributed by atoms with E-state index in [1.54, 1.807) is 0 Å². The van der Waals surface area contributed by atoms with Gasteiger partial charge in [-0.1, -0.05) is 30.7 Å². The molecule has 0 saturated carbocycles. The molecule has 1 aromatic carbocycles. The standard InChI is InChI=1S/C16H21ClN2O/c1-3-18-9-14-8-16(20-12-14)11-19(2)10-13-5-4-6-15(17)7-13/h4-8,12,18H,3,9-11H2,1-2H3. The molecule has 1 N–H and O–H groups in total. The van der Waals surface area contributed by atoms with Crippen LogP contribution in [-0.2, 0) is 19.6 Å². The molecule has 2 rings (SSSR count). The highest BCUT2D eigenvalue weighted by molar-refractivity contribution is 6.30. The second-order valence-electron chi connectivity index (χ2n) is 5.00. The van der Waals surface area contributed by atoms with Gasteiger partial charge in [0.2, 0.25) is 0 Å².